The highest BCUT2D eigenvalue weighted by molar-refractivity contribution is 7.89. The highest BCUT2D eigenvalue weighted by atomic mass is 32.2. The van der Waals surface area contributed by atoms with Crippen molar-refractivity contribution in [1.82, 2.24) is 9.29 Å². The molecule has 0 saturated heterocycles. The summed E-state index contributed by atoms with van der Waals surface area (Å²) in [4.78, 5) is 3.95. The molecule has 0 aromatic carbocycles. The number of nitrogens with zero attached hydrogens (tertiary/aromatic N) is 2. The Morgan fingerprint density at radius 3 is 2.76 bits per heavy atom. The maximum Gasteiger partial charge on any atom is 0.245 e. The number of hydrogen-bond acceptors (Lipinski definition) is 4. The number of thiocarbonyl (C=S) groups is 1. The molecule has 0 aliphatic rings. The fourth-order valence-electron chi connectivity index (χ4n) is 1.39. The minimum absolute atomic E-state index is 0.0194. The van der Waals surface area contributed by atoms with E-state index in [1.807, 2.05) is 6.92 Å². The molecule has 1 heterocycles. The van der Waals surface area contributed by atoms with Gasteiger partial charge in [0.25, 0.3) is 0 Å². The van der Waals surface area contributed by atoms with Crippen molar-refractivity contribution in [2.45, 2.75) is 18.2 Å². The maximum absolute atomic E-state index is 12.2. The molecule has 0 unspecified atom stereocenters. The summed E-state index contributed by atoms with van der Waals surface area (Å²) in [5.74, 6) is 0. The van der Waals surface area contributed by atoms with Gasteiger partial charge in [0, 0.05) is 19.8 Å². The molecule has 0 spiro atoms. The molecule has 1 aromatic heterocycles. The monoisotopic (exact) mass is 273 g/mol. The lowest BCUT2D eigenvalue weighted by Gasteiger charge is -2.17. The third kappa shape index (κ3) is 2.99. The third-order valence-electron chi connectivity index (χ3n) is 2.23. The summed E-state index contributed by atoms with van der Waals surface area (Å²) >= 11 is 4.80. The van der Waals surface area contributed by atoms with Crippen molar-refractivity contribution >= 4 is 27.2 Å². The maximum atomic E-state index is 12.2. The minimum atomic E-state index is -3.57. The Morgan fingerprint density at radius 1 is 1.59 bits per heavy atom. The number of nitrogens with two attached hydrogens (primary N) is 1. The van der Waals surface area contributed by atoms with E-state index in [1.54, 1.807) is 6.07 Å². The number of rotatable bonds is 5. The molecular formula is C10H15N3O2S2. The fraction of sp³-hybridized carbons (Fsp3) is 0.400. The van der Waals surface area contributed by atoms with E-state index in [9.17, 15) is 8.42 Å². The summed E-state index contributed by atoms with van der Waals surface area (Å²) in [5.41, 5.74) is 5.62. The Bertz CT molecular complexity index is 514. The predicted octanol–water partition coefficient (Wildman–Crippen LogP) is 0.746. The van der Waals surface area contributed by atoms with Gasteiger partial charge in [0.1, 0.15) is 15.6 Å². The van der Waals surface area contributed by atoms with Crippen LogP contribution < -0.4 is 5.73 Å². The van der Waals surface area contributed by atoms with Crippen LogP contribution in [-0.2, 0) is 10.0 Å². The number of sulfonamides is 1. The van der Waals surface area contributed by atoms with Crippen LogP contribution in [0.4, 0.5) is 0 Å². The van der Waals surface area contributed by atoms with Gasteiger partial charge < -0.3 is 5.73 Å². The normalized spacial score (nSPS) is 11.7. The molecule has 5 nitrogen and oxygen atoms in total. The first kappa shape index (κ1) is 14.0. The standard InChI is InChI=1S/C10H15N3O2S2/c1-3-7-13(2)17(14,15)8-5-4-6-12-9(8)10(11)16/h4-6H,3,7H2,1-2H3,(H2,11,16). The van der Waals surface area contributed by atoms with Crippen LogP contribution in [0.2, 0.25) is 0 Å². The van der Waals surface area contributed by atoms with Gasteiger partial charge in [0.2, 0.25) is 10.0 Å². The molecule has 1 aromatic rings. The molecule has 0 aliphatic carbocycles. The lowest BCUT2D eigenvalue weighted by molar-refractivity contribution is 0.468. The largest absolute Gasteiger partial charge is 0.388 e. The third-order valence-corrected chi connectivity index (χ3v) is 4.31. The van der Waals surface area contributed by atoms with E-state index in [2.05, 4.69) is 4.98 Å². The Labute approximate surface area is 107 Å². The molecule has 7 heteroatoms. The Kier molecular flexibility index (Phi) is 4.55. The van der Waals surface area contributed by atoms with Crippen LogP contribution in [-0.4, -0.2) is 36.3 Å². The Balaban J connectivity index is 3.29. The van der Waals surface area contributed by atoms with E-state index in [0.717, 1.165) is 6.42 Å². The molecule has 94 valence electrons. The van der Waals surface area contributed by atoms with Gasteiger partial charge in [0.15, 0.2) is 0 Å². The zero-order chi connectivity index (χ0) is 13.1. The molecule has 0 saturated carbocycles. The zero-order valence-corrected chi connectivity index (χ0v) is 11.4. The second-order valence-electron chi connectivity index (χ2n) is 3.54. The molecule has 0 fully saturated rings. The minimum Gasteiger partial charge on any atom is -0.388 e. The Morgan fingerprint density at radius 2 is 2.24 bits per heavy atom. The molecule has 17 heavy (non-hydrogen) atoms. The Hall–Kier alpha value is -1.05. The van der Waals surface area contributed by atoms with E-state index in [0.29, 0.717) is 6.54 Å². The average Bonchev–Trinajstić information content (AvgIpc) is 2.29. The summed E-state index contributed by atoms with van der Waals surface area (Å²) in [7, 11) is -2.05. The van der Waals surface area contributed by atoms with Crippen LogP contribution >= 0.6 is 12.2 Å². The predicted molar refractivity (Wildman–Crippen MR) is 70.2 cm³/mol. The molecule has 0 aliphatic heterocycles. The molecule has 2 N–H and O–H groups in total. The van der Waals surface area contributed by atoms with Crippen molar-refractivity contribution in [3.63, 3.8) is 0 Å². The van der Waals surface area contributed by atoms with Gasteiger partial charge in [-0.3, -0.25) is 4.98 Å². The van der Waals surface area contributed by atoms with E-state index in [1.165, 1.54) is 23.6 Å². The summed E-state index contributed by atoms with van der Waals surface area (Å²) in [6, 6.07) is 3.01. The lowest BCUT2D eigenvalue weighted by Crippen LogP contribution is -2.30. The quantitative estimate of drug-likeness (QED) is 0.801. The first-order valence-corrected chi connectivity index (χ1v) is 6.97. The second kappa shape index (κ2) is 5.52. The van der Waals surface area contributed by atoms with Gasteiger partial charge in [-0.25, -0.2) is 12.7 Å². The molecule has 0 radical (unpaired) electrons. The van der Waals surface area contributed by atoms with Crippen LogP contribution in [0.25, 0.3) is 0 Å². The lowest BCUT2D eigenvalue weighted by atomic mass is 10.3. The molecule has 0 amide bonds. The van der Waals surface area contributed by atoms with Crippen LogP contribution in [0.15, 0.2) is 23.2 Å². The second-order valence-corrected chi connectivity index (χ2v) is 5.99. The average molecular weight is 273 g/mol. The summed E-state index contributed by atoms with van der Waals surface area (Å²) in [6.45, 7) is 2.34. The summed E-state index contributed by atoms with van der Waals surface area (Å²) < 4.78 is 25.7. The van der Waals surface area contributed by atoms with E-state index < -0.39 is 10.0 Å². The zero-order valence-electron chi connectivity index (χ0n) is 9.75. The summed E-state index contributed by atoms with van der Waals surface area (Å²) in [6.07, 6.45) is 2.20. The van der Waals surface area contributed by atoms with Gasteiger partial charge in [-0.15, -0.1) is 0 Å². The SMILES string of the molecule is CCCN(C)S(=O)(=O)c1cccnc1C(N)=S. The van der Waals surface area contributed by atoms with Crippen molar-refractivity contribution in [1.29, 1.82) is 0 Å². The highest BCUT2D eigenvalue weighted by Gasteiger charge is 2.24. The molecular weight excluding hydrogens is 258 g/mol. The van der Waals surface area contributed by atoms with Crippen molar-refractivity contribution < 1.29 is 8.42 Å². The van der Waals surface area contributed by atoms with Crippen molar-refractivity contribution in [3.8, 4) is 0 Å². The van der Waals surface area contributed by atoms with Crippen LogP contribution in [0.1, 0.15) is 19.0 Å². The molecule has 0 bridgehead atoms. The van der Waals surface area contributed by atoms with E-state index >= 15 is 0 Å². The van der Waals surface area contributed by atoms with E-state index in [4.69, 9.17) is 18.0 Å². The summed E-state index contributed by atoms with van der Waals surface area (Å²) in [5, 5.41) is 0. The van der Waals surface area contributed by atoms with Gasteiger partial charge in [0.05, 0.1) is 0 Å². The number of aromatic nitrogens is 1. The van der Waals surface area contributed by atoms with Gasteiger partial charge >= 0.3 is 0 Å². The van der Waals surface area contributed by atoms with Gasteiger partial charge in [-0.1, -0.05) is 19.1 Å². The van der Waals surface area contributed by atoms with Crippen LogP contribution in [0, 0.1) is 0 Å². The fourth-order valence-corrected chi connectivity index (χ4v) is 3.03. The number of pyridine rings is 1. The van der Waals surface area contributed by atoms with Crippen molar-refractivity contribution in [2.24, 2.45) is 5.73 Å². The number of hydrogen-bond donors (Lipinski definition) is 1. The van der Waals surface area contributed by atoms with E-state index in [-0.39, 0.29) is 15.6 Å². The van der Waals surface area contributed by atoms with Crippen molar-refractivity contribution in [2.75, 3.05) is 13.6 Å². The van der Waals surface area contributed by atoms with Gasteiger partial charge in [-0.2, -0.15) is 0 Å². The first-order valence-electron chi connectivity index (χ1n) is 5.12. The first-order chi connectivity index (χ1) is 7.91. The molecule has 1 rings (SSSR count). The van der Waals surface area contributed by atoms with Crippen LogP contribution in [0.5, 0.6) is 0 Å². The highest BCUT2D eigenvalue weighted by Crippen LogP contribution is 2.17. The smallest absolute Gasteiger partial charge is 0.245 e. The molecule has 0 atom stereocenters. The van der Waals surface area contributed by atoms with Crippen LogP contribution in [0.3, 0.4) is 0 Å². The van der Waals surface area contributed by atoms with Gasteiger partial charge in [-0.05, 0) is 18.6 Å². The van der Waals surface area contributed by atoms with Crippen molar-refractivity contribution in [3.05, 3.63) is 24.0 Å². The topological polar surface area (TPSA) is 76.3 Å².